The summed E-state index contributed by atoms with van der Waals surface area (Å²) in [7, 11) is 0. The van der Waals surface area contributed by atoms with Crippen LogP contribution in [0.5, 0.6) is 0 Å². The molecule has 2 aromatic rings. The lowest BCUT2D eigenvalue weighted by atomic mass is 10.3. The molecule has 0 atom stereocenters. The number of aromatic nitrogens is 4. The van der Waals surface area contributed by atoms with Gasteiger partial charge in [-0.2, -0.15) is 0 Å². The van der Waals surface area contributed by atoms with Crippen LogP contribution in [0.1, 0.15) is 0 Å². The average Bonchev–Trinajstić information content (AvgIpc) is 2.75. The lowest BCUT2D eigenvalue weighted by molar-refractivity contribution is -0.140. The van der Waals surface area contributed by atoms with Crippen LogP contribution in [0.2, 0.25) is 0 Å². The van der Waals surface area contributed by atoms with Crippen molar-refractivity contribution in [2.75, 3.05) is 49.9 Å². The minimum Gasteiger partial charge on any atom is -0.480 e. The van der Waals surface area contributed by atoms with Gasteiger partial charge in [-0.15, -0.1) is 0 Å². The molecule has 8 N–H and O–H groups in total. The molecule has 0 fully saturated rings. The Morgan fingerprint density at radius 2 is 1.03 bits per heavy atom. The molecule has 0 saturated carbocycles. The highest BCUT2D eigenvalue weighted by molar-refractivity contribution is 5.92. The molecule has 0 radical (unpaired) electrons. The number of aliphatic carboxylic acids is 2. The van der Waals surface area contributed by atoms with Gasteiger partial charge in [0.2, 0.25) is 11.8 Å². The number of rotatable bonds is 13. The second-order valence-corrected chi connectivity index (χ2v) is 7.28. The normalized spacial score (nSPS) is 10.8. The minimum atomic E-state index is -1.30. The summed E-state index contributed by atoms with van der Waals surface area (Å²) in [5.74, 6) is -4.20. The molecule has 18 nitrogen and oxygen atoms in total. The number of hydrogen-bond acceptors (Lipinski definition) is 10. The largest absolute Gasteiger partial charge is 0.480 e. The van der Waals surface area contributed by atoms with Crippen molar-refractivity contribution in [3.8, 4) is 0 Å². The van der Waals surface area contributed by atoms with Crippen LogP contribution in [-0.4, -0.2) is 103 Å². The molecule has 0 aliphatic carbocycles. The minimum absolute atomic E-state index is 0.179. The van der Waals surface area contributed by atoms with Gasteiger partial charge in [0.1, 0.15) is 11.4 Å². The maximum Gasteiger partial charge on any atom is 0.325 e. The number of H-pyrrole nitrogens is 4. The maximum absolute atomic E-state index is 12.3. The van der Waals surface area contributed by atoms with Crippen LogP contribution in [0.3, 0.4) is 0 Å². The number of hydrogen-bond donors (Lipinski definition) is 8. The van der Waals surface area contributed by atoms with Gasteiger partial charge in [-0.25, -0.2) is 9.59 Å². The number of aromatic amines is 4. The first-order chi connectivity index (χ1) is 16.9. The van der Waals surface area contributed by atoms with Gasteiger partial charge in [-0.3, -0.25) is 48.5 Å². The molecule has 2 heterocycles. The second kappa shape index (κ2) is 12.6. The molecular formula is C18H22N8O10. The van der Waals surface area contributed by atoms with E-state index >= 15 is 0 Å². The van der Waals surface area contributed by atoms with Gasteiger partial charge in [0.05, 0.1) is 26.2 Å². The number of nitrogens with one attached hydrogen (secondary N) is 6. The molecule has 2 amide bonds. The van der Waals surface area contributed by atoms with Crippen LogP contribution >= 0.6 is 0 Å². The summed E-state index contributed by atoms with van der Waals surface area (Å²) >= 11 is 0. The Bertz CT molecular complexity index is 1250. The SMILES string of the molecule is O=C(O)CN(CCN(CC(=O)O)CC(=O)Nc1c[nH]c(=O)[nH]c1=O)CC(=O)Nc1c[nH]c(=O)[nH]c1=O. The van der Waals surface area contributed by atoms with Gasteiger partial charge in [0, 0.05) is 25.5 Å². The van der Waals surface area contributed by atoms with E-state index in [-0.39, 0.29) is 24.5 Å². The van der Waals surface area contributed by atoms with E-state index in [9.17, 15) is 38.4 Å². The van der Waals surface area contributed by atoms with Crippen LogP contribution in [-0.2, 0) is 19.2 Å². The van der Waals surface area contributed by atoms with Crippen LogP contribution in [0.4, 0.5) is 11.4 Å². The molecule has 0 aliphatic rings. The molecule has 0 saturated heterocycles. The Kier molecular flexibility index (Phi) is 9.57. The third kappa shape index (κ3) is 9.19. The van der Waals surface area contributed by atoms with Crippen molar-refractivity contribution in [3.63, 3.8) is 0 Å². The summed E-state index contributed by atoms with van der Waals surface area (Å²) in [5.41, 5.74) is -3.90. The van der Waals surface area contributed by atoms with E-state index in [1.165, 1.54) is 0 Å². The number of nitrogens with zero attached hydrogens (tertiary/aromatic N) is 2. The average molecular weight is 510 g/mol. The van der Waals surface area contributed by atoms with E-state index < -0.39 is 72.4 Å². The van der Waals surface area contributed by atoms with Crippen molar-refractivity contribution in [2.45, 2.75) is 0 Å². The van der Waals surface area contributed by atoms with E-state index in [0.29, 0.717) is 0 Å². The highest BCUT2D eigenvalue weighted by Crippen LogP contribution is 1.99. The number of amides is 2. The monoisotopic (exact) mass is 510 g/mol. The van der Waals surface area contributed by atoms with Crippen molar-refractivity contribution in [1.82, 2.24) is 29.7 Å². The van der Waals surface area contributed by atoms with Crippen LogP contribution in [0.15, 0.2) is 31.6 Å². The Hall–Kier alpha value is -4.84. The Balaban J connectivity index is 2.03. The van der Waals surface area contributed by atoms with E-state index in [0.717, 1.165) is 22.2 Å². The van der Waals surface area contributed by atoms with Crippen LogP contribution in [0.25, 0.3) is 0 Å². The predicted molar refractivity (Wildman–Crippen MR) is 121 cm³/mol. The number of carboxylic acids is 2. The van der Waals surface area contributed by atoms with Gasteiger partial charge >= 0.3 is 23.3 Å². The van der Waals surface area contributed by atoms with Gasteiger partial charge in [-0.05, 0) is 0 Å². The lowest BCUT2D eigenvalue weighted by Gasteiger charge is -2.25. The molecule has 2 rings (SSSR count). The molecule has 0 unspecified atom stereocenters. The summed E-state index contributed by atoms with van der Waals surface area (Å²) < 4.78 is 0. The number of anilines is 2. The molecule has 0 bridgehead atoms. The molecular weight excluding hydrogens is 488 g/mol. The zero-order valence-electron chi connectivity index (χ0n) is 18.5. The summed E-state index contributed by atoms with van der Waals surface area (Å²) in [6, 6.07) is 0. The Morgan fingerprint density at radius 3 is 1.33 bits per heavy atom. The number of carbonyl (C=O) groups excluding carboxylic acids is 2. The fourth-order valence-electron chi connectivity index (χ4n) is 2.88. The summed E-state index contributed by atoms with van der Waals surface area (Å²) in [5, 5.41) is 22.7. The van der Waals surface area contributed by atoms with E-state index in [1.54, 1.807) is 0 Å². The molecule has 0 aliphatic heterocycles. The van der Waals surface area contributed by atoms with Crippen molar-refractivity contribution >= 4 is 35.1 Å². The highest BCUT2D eigenvalue weighted by Gasteiger charge is 2.20. The summed E-state index contributed by atoms with van der Waals surface area (Å²) in [4.78, 5) is 103. The van der Waals surface area contributed by atoms with Gasteiger partial charge in [-0.1, -0.05) is 0 Å². The van der Waals surface area contributed by atoms with Crippen LogP contribution < -0.4 is 33.1 Å². The number of carboxylic acid groups (broad SMARTS) is 2. The molecule has 36 heavy (non-hydrogen) atoms. The lowest BCUT2D eigenvalue weighted by Crippen LogP contribution is -2.45. The fourth-order valence-corrected chi connectivity index (χ4v) is 2.88. The Morgan fingerprint density at radius 1 is 0.667 bits per heavy atom. The first-order valence-corrected chi connectivity index (χ1v) is 10.0. The molecule has 0 aromatic carbocycles. The molecule has 194 valence electrons. The molecule has 18 heteroatoms. The first kappa shape index (κ1) is 27.4. The van der Waals surface area contributed by atoms with Crippen molar-refractivity contribution in [1.29, 1.82) is 0 Å². The van der Waals surface area contributed by atoms with Gasteiger partial charge in [0.15, 0.2) is 0 Å². The predicted octanol–water partition coefficient (Wildman–Crippen LogP) is -4.21. The van der Waals surface area contributed by atoms with E-state index in [2.05, 4.69) is 20.6 Å². The Labute approximate surface area is 199 Å². The van der Waals surface area contributed by atoms with Gasteiger partial charge < -0.3 is 30.8 Å². The van der Waals surface area contributed by atoms with E-state index in [1.807, 2.05) is 9.97 Å². The van der Waals surface area contributed by atoms with Crippen molar-refractivity contribution < 1.29 is 29.4 Å². The fraction of sp³-hybridized carbons (Fsp3) is 0.333. The molecule has 2 aromatic heterocycles. The highest BCUT2D eigenvalue weighted by atomic mass is 16.4. The smallest absolute Gasteiger partial charge is 0.325 e. The third-order valence-electron chi connectivity index (χ3n) is 4.37. The zero-order chi connectivity index (χ0) is 26.8. The third-order valence-corrected chi connectivity index (χ3v) is 4.37. The second-order valence-electron chi connectivity index (χ2n) is 7.28. The quantitative estimate of drug-likeness (QED) is 0.127. The van der Waals surface area contributed by atoms with Crippen molar-refractivity contribution in [3.05, 3.63) is 54.1 Å². The van der Waals surface area contributed by atoms with Gasteiger partial charge in [0.25, 0.3) is 11.1 Å². The summed E-state index contributed by atoms with van der Waals surface area (Å²) in [6.07, 6.45) is 1.92. The summed E-state index contributed by atoms with van der Waals surface area (Å²) in [6.45, 7) is -2.66. The van der Waals surface area contributed by atoms with E-state index in [4.69, 9.17) is 10.2 Å². The maximum atomic E-state index is 12.3. The van der Waals surface area contributed by atoms with Crippen molar-refractivity contribution in [2.24, 2.45) is 0 Å². The number of carbonyl (C=O) groups is 4. The zero-order valence-corrected chi connectivity index (χ0v) is 18.5. The van der Waals surface area contributed by atoms with Crippen LogP contribution in [0, 0.1) is 0 Å². The topological polar surface area (TPSA) is 271 Å². The first-order valence-electron chi connectivity index (χ1n) is 10.0. The molecule has 0 spiro atoms. The standard InChI is InChI=1S/C18H22N8O10/c27-11(21-9-3-19-17(35)23-15(9)33)5-25(7-13(29)30)1-2-26(8-14(31)32)6-12(28)22-10-4-20-18(36)24-16(10)34/h3-4H,1-2,5-8H2,(H,21,27)(H,22,28)(H,29,30)(H,31,32)(H2,19,23,33,35)(H2,20,24,34,36).